The van der Waals surface area contributed by atoms with E-state index in [9.17, 15) is 8.78 Å². The van der Waals surface area contributed by atoms with Crippen molar-refractivity contribution in [3.63, 3.8) is 0 Å². The number of fused-ring (bicyclic) bond motifs is 2. The first-order valence-electron chi connectivity index (χ1n) is 10.7. The van der Waals surface area contributed by atoms with Crippen LogP contribution in [0.1, 0.15) is 5.82 Å². The maximum Gasteiger partial charge on any atom is 0.149 e. The summed E-state index contributed by atoms with van der Waals surface area (Å²) >= 11 is 0. The van der Waals surface area contributed by atoms with Gasteiger partial charge in [-0.05, 0) is 37.3 Å². The number of aryl methyl sites for hydroxylation is 1. The topological polar surface area (TPSA) is 71.9 Å². The molecule has 1 aliphatic rings. The van der Waals surface area contributed by atoms with Gasteiger partial charge in [0.15, 0.2) is 0 Å². The van der Waals surface area contributed by atoms with Gasteiger partial charge in [-0.15, -0.1) is 0 Å². The zero-order valence-electron chi connectivity index (χ0n) is 17.8. The molecule has 0 spiro atoms. The number of halogens is 2. The van der Waals surface area contributed by atoms with E-state index >= 15 is 0 Å². The van der Waals surface area contributed by atoms with E-state index in [-0.39, 0.29) is 10.9 Å². The molecule has 0 unspecified atom stereocenters. The van der Waals surface area contributed by atoms with Crippen molar-refractivity contribution in [3.8, 4) is 16.9 Å². The van der Waals surface area contributed by atoms with Crippen molar-refractivity contribution in [1.29, 1.82) is 0 Å². The second-order valence-corrected chi connectivity index (χ2v) is 8.00. The summed E-state index contributed by atoms with van der Waals surface area (Å²) in [5, 5.41) is 0.125. The van der Waals surface area contributed by atoms with Crippen LogP contribution in [0.25, 0.3) is 38.9 Å². The summed E-state index contributed by atoms with van der Waals surface area (Å²) < 4.78 is 36.8. The summed E-state index contributed by atoms with van der Waals surface area (Å²) in [5.41, 5.74) is 4.74. The number of aromatic nitrogens is 5. The highest BCUT2D eigenvalue weighted by Crippen LogP contribution is 2.36. The average molecular weight is 446 g/mol. The van der Waals surface area contributed by atoms with Crippen LogP contribution in [0.15, 0.2) is 49.1 Å². The zero-order chi connectivity index (χ0) is 22.5. The third-order valence-electron chi connectivity index (χ3n) is 6.09. The molecule has 0 aliphatic carbocycles. The number of nitrogens with zero attached hydrogens (tertiary/aromatic N) is 5. The molecule has 7 nitrogen and oxygen atoms in total. The fraction of sp³-hybridized carbons (Fsp3) is 0.208. The standard InChI is InChI=1S/C24H20F2N6O/c1-14-30-23-16(19-12-27-13-29-19)10-15(31-6-8-33-9-7-31)11-21(23)32(14)20-4-5-28-24-18(26)3-2-17(25)22(20)24/h2-5,10-13H,6-9H2,1H3,(H,27,29). The van der Waals surface area contributed by atoms with Crippen molar-refractivity contribution < 1.29 is 13.5 Å². The normalized spacial score (nSPS) is 14.5. The Morgan fingerprint density at radius 1 is 1.03 bits per heavy atom. The summed E-state index contributed by atoms with van der Waals surface area (Å²) in [7, 11) is 0. The van der Waals surface area contributed by atoms with E-state index in [2.05, 4.69) is 25.9 Å². The summed E-state index contributed by atoms with van der Waals surface area (Å²) in [6.07, 6.45) is 4.87. The quantitative estimate of drug-likeness (QED) is 0.445. The number of ether oxygens (including phenoxy) is 1. The number of imidazole rings is 2. The lowest BCUT2D eigenvalue weighted by atomic mass is 10.1. The van der Waals surface area contributed by atoms with Gasteiger partial charge in [0, 0.05) is 30.5 Å². The second kappa shape index (κ2) is 7.63. The molecule has 6 rings (SSSR count). The third-order valence-corrected chi connectivity index (χ3v) is 6.09. The largest absolute Gasteiger partial charge is 0.378 e. The number of anilines is 1. The Bertz CT molecular complexity index is 1490. The first kappa shape index (κ1) is 19.8. The summed E-state index contributed by atoms with van der Waals surface area (Å²) in [5.74, 6) is -0.447. The number of pyridine rings is 1. The van der Waals surface area contributed by atoms with E-state index < -0.39 is 11.6 Å². The van der Waals surface area contributed by atoms with E-state index in [1.807, 2.05) is 17.6 Å². The van der Waals surface area contributed by atoms with Crippen LogP contribution in [0.4, 0.5) is 14.5 Å². The summed E-state index contributed by atoms with van der Waals surface area (Å²) in [6.45, 7) is 4.68. The van der Waals surface area contributed by atoms with Crippen LogP contribution in [0.2, 0.25) is 0 Å². The van der Waals surface area contributed by atoms with Gasteiger partial charge in [0.05, 0.1) is 53.5 Å². The Morgan fingerprint density at radius 2 is 1.85 bits per heavy atom. The van der Waals surface area contributed by atoms with Crippen molar-refractivity contribution >= 4 is 27.6 Å². The molecular formula is C24H20F2N6O. The Hall–Kier alpha value is -3.85. The molecule has 1 N–H and O–H groups in total. The van der Waals surface area contributed by atoms with E-state index in [4.69, 9.17) is 9.72 Å². The molecule has 166 valence electrons. The molecule has 1 fully saturated rings. The highest BCUT2D eigenvalue weighted by atomic mass is 19.1. The summed E-state index contributed by atoms with van der Waals surface area (Å²) in [4.78, 5) is 18.5. The van der Waals surface area contributed by atoms with Crippen LogP contribution in [-0.4, -0.2) is 50.8 Å². The molecule has 0 bridgehead atoms. The van der Waals surface area contributed by atoms with Gasteiger partial charge in [-0.1, -0.05) is 0 Å². The molecule has 1 saturated heterocycles. The minimum atomic E-state index is -0.567. The van der Waals surface area contributed by atoms with Gasteiger partial charge in [-0.2, -0.15) is 0 Å². The van der Waals surface area contributed by atoms with Gasteiger partial charge in [0.1, 0.15) is 23.0 Å². The fourth-order valence-corrected chi connectivity index (χ4v) is 4.56. The minimum absolute atomic E-state index is 0.00752. The van der Waals surface area contributed by atoms with E-state index in [0.29, 0.717) is 24.7 Å². The van der Waals surface area contributed by atoms with Crippen LogP contribution >= 0.6 is 0 Å². The number of H-pyrrole nitrogens is 1. The molecule has 4 heterocycles. The number of benzene rings is 2. The molecule has 9 heteroatoms. The average Bonchev–Trinajstić information content (AvgIpc) is 3.49. The lowest BCUT2D eigenvalue weighted by molar-refractivity contribution is 0.122. The fourth-order valence-electron chi connectivity index (χ4n) is 4.56. The van der Waals surface area contributed by atoms with Gasteiger partial charge in [0.25, 0.3) is 0 Å². The van der Waals surface area contributed by atoms with Crippen molar-refractivity contribution in [1.82, 2.24) is 24.5 Å². The number of morpholine rings is 1. The van der Waals surface area contributed by atoms with E-state index in [0.717, 1.165) is 53.2 Å². The zero-order valence-corrected chi connectivity index (χ0v) is 17.8. The highest BCUT2D eigenvalue weighted by molar-refractivity contribution is 5.98. The smallest absolute Gasteiger partial charge is 0.149 e. The maximum atomic E-state index is 14.9. The first-order chi connectivity index (χ1) is 16.1. The number of hydrogen-bond acceptors (Lipinski definition) is 5. The van der Waals surface area contributed by atoms with Gasteiger partial charge >= 0.3 is 0 Å². The van der Waals surface area contributed by atoms with Gasteiger partial charge < -0.3 is 14.6 Å². The van der Waals surface area contributed by atoms with Crippen molar-refractivity contribution in [3.05, 3.63) is 66.5 Å². The molecule has 0 amide bonds. The molecule has 0 saturated carbocycles. The van der Waals surface area contributed by atoms with Crippen LogP contribution in [-0.2, 0) is 4.74 Å². The van der Waals surface area contributed by atoms with E-state index in [1.165, 1.54) is 6.20 Å². The SMILES string of the molecule is Cc1nc2c(-c3cnc[nH]3)cc(N3CCOCC3)cc2n1-c1ccnc2c(F)ccc(F)c12. The summed E-state index contributed by atoms with van der Waals surface area (Å²) in [6, 6.07) is 8.05. The van der Waals surface area contributed by atoms with Crippen LogP contribution in [0.5, 0.6) is 0 Å². The number of nitrogens with one attached hydrogen (secondary N) is 1. The first-order valence-corrected chi connectivity index (χ1v) is 10.7. The number of hydrogen-bond donors (Lipinski definition) is 1. The van der Waals surface area contributed by atoms with E-state index in [1.54, 1.807) is 18.6 Å². The number of aromatic amines is 1. The van der Waals surface area contributed by atoms with Crippen LogP contribution in [0.3, 0.4) is 0 Å². The second-order valence-electron chi connectivity index (χ2n) is 8.00. The van der Waals surface area contributed by atoms with Gasteiger partial charge in [-0.25, -0.2) is 18.7 Å². The molecule has 2 aromatic carbocycles. The Labute approximate surface area is 187 Å². The molecule has 5 aromatic rings. The number of rotatable bonds is 3. The van der Waals surface area contributed by atoms with Crippen molar-refractivity contribution in [2.75, 3.05) is 31.2 Å². The molecule has 0 atom stereocenters. The lowest BCUT2D eigenvalue weighted by Gasteiger charge is -2.29. The Balaban J connectivity index is 1.68. The van der Waals surface area contributed by atoms with Gasteiger partial charge in [0.2, 0.25) is 0 Å². The predicted molar refractivity (Wildman–Crippen MR) is 122 cm³/mol. The molecule has 0 radical (unpaired) electrons. The highest BCUT2D eigenvalue weighted by Gasteiger charge is 2.22. The molecule has 3 aromatic heterocycles. The van der Waals surface area contributed by atoms with Gasteiger partial charge in [-0.3, -0.25) is 9.55 Å². The lowest BCUT2D eigenvalue weighted by Crippen LogP contribution is -2.36. The molecule has 1 aliphatic heterocycles. The third kappa shape index (κ3) is 3.15. The van der Waals surface area contributed by atoms with Crippen LogP contribution < -0.4 is 4.90 Å². The van der Waals surface area contributed by atoms with Crippen molar-refractivity contribution in [2.45, 2.75) is 6.92 Å². The van der Waals surface area contributed by atoms with Crippen LogP contribution in [0, 0.1) is 18.6 Å². The molecule has 33 heavy (non-hydrogen) atoms. The Kier molecular flexibility index (Phi) is 4.58. The monoisotopic (exact) mass is 446 g/mol. The van der Waals surface area contributed by atoms with Crippen molar-refractivity contribution in [2.24, 2.45) is 0 Å². The minimum Gasteiger partial charge on any atom is -0.378 e. The maximum absolute atomic E-state index is 14.9. The predicted octanol–water partition coefficient (Wildman–Crippen LogP) is 4.39. The Morgan fingerprint density at radius 3 is 2.64 bits per heavy atom. The molecular weight excluding hydrogens is 426 g/mol.